The Labute approximate surface area is 116 Å². The van der Waals surface area contributed by atoms with Crippen LogP contribution in [0.25, 0.3) is 0 Å². The number of aryl methyl sites for hydroxylation is 4. The van der Waals surface area contributed by atoms with Gasteiger partial charge in [-0.3, -0.25) is 4.68 Å². The van der Waals surface area contributed by atoms with E-state index in [1.807, 2.05) is 30.8 Å². The number of nitrogens with zero attached hydrogens (tertiary/aromatic N) is 4. The first kappa shape index (κ1) is 12.2. The third kappa shape index (κ3) is 2.24. The van der Waals surface area contributed by atoms with Crippen LogP contribution in [-0.4, -0.2) is 14.8 Å². The minimum Gasteiger partial charge on any atom is -0.261 e. The third-order valence-electron chi connectivity index (χ3n) is 3.30. The van der Waals surface area contributed by atoms with Crippen molar-refractivity contribution < 1.29 is 0 Å². The second kappa shape index (κ2) is 4.71. The normalized spacial score (nSPS) is 13.3. The van der Waals surface area contributed by atoms with E-state index in [0.29, 0.717) is 5.56 Å². The first-order valence-electron chi connectivity index (χ1n) is 6.29. The van der Waals surface area contributed by atoms with Crippen LogP contribution in [0, 0.1) is 18.3 Å². The summed E-state index contributed by atoms with van der Waals surface area (Å²) in [5.74, 6) is 0. The number of pyridine rings is 1. The van der Waals surface area contributed by atoms with Gasteiger partial charge in [0.15, 0.2) is 0 Å². The summed E-state index contributed by atoms with van der Waals surface area (Å²) in [4.78, 5) is 4.67. The van der Waals surface area contributed by atoms with Gasteiger partial charge in [0, 0.05) is 12.7 Å². The van der Waals surface area contributed by atoms with Gasteiger partial charge in [-0.1, -0.05) is 0 Å². The monoisotopic (exact) mass is 270 g/mol. The number of hydrogen-bond acceptors (Lipinski definition) is 4. The van der Waals surface area contributed by atoms with Crippen LogP contribution in [0.5, 0.6) is 0 Å². The van der Waals surface area contributed by atoms with Gasteiger partial charge in [-0.15, -0.1) is 0 Å². The number of hydrogen-bond donors (Lipinski definition) is 0. The summed E-state index contributed by atoms with van der Waals surface area (Å²) in [6.45, 7) is 1.96. The molecule has 1 aliphatic rings. The van der Waals surface area contributed by atoms with Gasteiger partial charge in [-0.05, 0) is 55.6 Å². The molecule has 2 aromatic rings. The predicted octanol–water partition coefficient (Wildman–Crippen LogP) is 2.64. The van der Waals surface area contributed by atoms with E-state index in [4.69, 9.17) is 0 Å². The van der Waals surface area contributed by atoms with Gasteiger partial charge in [0.25, 0.3) is 0 Å². The summed E-state index contributed by atoms with van der Waals surface area (Å²) < 4.78 is 1.83. The van der Waals surface area contributed by atoms with Crippen molar-refractivity contribution in [2.75, 3.05) is 0 Å². The van der Waals surface area contributed by atoms with Crippen molar-refractivity contribution in [3.8, 4) is 6.07 Å². The van der Waals surface area contributed by atoms with Gasteiger partial charge in [-0.25, -0.2) is 4.98 Å². The van der Waals surface area contributed by atoms with E-state index in [-0.39, 0.29) is 0 Å². The second-order valence-electron chi connectivity index (χ2n) is 4.76. The van der Waals surface area contributed by atoms with Crippen molar-refractivity contribution in [1.82, 2.24) is 14.8 Å². The lowest BCUT2D eigenvalue weighted by Crippen LogP contribution is -1.97. The Kier molecular flexibility index (Phi) is 3.03. The second-order valence-corrected chi connectivity index (χ2v) is 5.77. The predicted molar refractivity (Wildman–Crippen MR) is 73.0 cm³/mol. The molecule has 0 amide bonds. The zero-order chi connectivity index (χ0) is 13.4. The van der Waals surface area contributed by atoms with Crippen molar-refractivity contribution in [3.63, 3.8) is 0 Å². The number of fused-ring (bicyclic) bond motifs is 1. The van der Waals surface area contributed by atoms with E-state index in [1.165, 1.54) is 17.3 Å². The SMILES string of the molecule is Cc1cc(Sc2nc3c(cc2C#N)CCC3)n(C)n1. The van der Waals surface area contributed by atoms with Gasteiger partial charge < -0.3 is 0 Å². The Balaban J connectivity index is 2.01. The fraction of sp³-hybridized carbons (Fsp3) is 0.357. The molecule has 96 valence electrons. The molecule has 0 N–H and O–H groups in total. The standard InChI is InChI=1S/C14H14N4S/c1-9-6-13(18(2)17-9)19-14-11(8-15)7-10-4-3-5-12(10)16-14/h6-7H,3-5H2,1-2H3. The lowest BCUT2D eigenvalue weighted by molar-refractivity contribution is 0.692. The molecule has 0 fully saturated rings. The van der Waals surface area contributed by atoms with Crippen LogP contribution in [0.15, 0.2) is 22.2 Å². The summed E-state index contributed by atoms with van der Waals surface area (Å²) in [6, 6.07) is 6.27. The molecule has 0 atom stereocenters. The molecule has 0 unspecified atom stereocenters. The highest BCUT2D eigenvalue weighted by atomic mass is 32.2. The minimum absolute atomic E-state index is 0.671. The van der Waals surface area contributed by atoms with Crippen LogP contribution >= 0.6 is 11.8 Å². The van der Waals surface area contributed by atoms with E-state index in [0.717, 1.165) is 40.7 Å². The first-order valence-corrected chi connectivity index (χ1v) is 7.10. The molecular formula is C14H14N4S. The maximum absolute atomic E-state index is 9.28. The Morgan fingerprint density at radius 1 is 1.37 bits per heavy atom. The van der Waals surface area contributed by atoms with Crippen LogP contribution in [0.1, 0.15) is 28.9 Å². The quantitative estimate of drug-likeness (QED) is 0.841. The number of nitriles is 1. The maximum Gasteiger partial charge on any atom is 0.120 e. The van der Waals surface area contributed by atoms with Crippen molar-refractivity contribution in [1.29, 1.82) is 5.26 Å². The zero-order valence-corrected chi connectivity index (χ0v) is 11.8. The molecule has 19 heavy (non-hydrogen) atoms. The van der Waals surface area contributed by atoms with Gasteiger partial charge >= 0.3 is 0 Å². The first-order chi connectivity index (χ1) is 9.17. The number of rotatable bonds is 2. The fourth-order valence-electron chi connectivity index (χ4n) is 2.39. The highest BCUT2D eigenvalue weighted by Crippen LogP contribution is 2.32. The van der Waals surface area contributed by atoms with Crippen LogP contribution in [0.3, 0.4) is 0 Å². The lowest BCUT2D eigenvalue weighted by Gasteiger charge is -2.06. The van der Waals surface area contributed by atoms with Crippen molar-refractivity contribution >= 4 is 11.8 Å². The molecule has 0 saturated carbocycles. The largest absolute Gasteiger partial charge is 0.261 e. The summed E-state index contributed by atoms with van der Waals surface area (Å²) in [6.07, 6.45) is 3.22. The third-order valence-corrected chi connectivity index (χ3v) is 4.39. The molecule has 1 aliphatic carbocycles. The van der Waals surface area contributed by atoms with Crippen molar-refractivity contribution in [3.05, 3.63) is 34.6 Å². The van der Waals surface area contributed by atoms with Crippen molar-refractivity contribution in [2.24, 2.45) is 7.05 Å². The van der Waals surface area contributed by atoms with Crippen LogP contribution in [-0.2, 0) is 19.9 Å². The minimum atomic E-state index is 0.671. The van der Waals surface area contributed by atoms with E-state index in [1.54, 1.807) is 0 Å². The van der Waals surface area contributed by atoms with Crippen molar-refractivity contribution in [2.45, 2.75) is 36.2 Å². The molecule has 0 radical (unpaired) electrons. The molecule has 2 aromatic heterocycles. The molecule has 2 heterocycles. The highest BCUT2D eigenvalue weighted by Gasteiger charge is 2.18. The number of aromatic nitrogens is 3. The Morgan fingerprint density at radius 3 is 2.89 bits per heavy atom. The Hall–Kier alpha value is -1.80. The molecule has 0 aromatic carbocycles. The fourth-order valence-corrected chi connectivity index (χ4v) is 3.36. The lowest BCUT2D eigenvalue weighted by atomic mass is 10.2. The molecule has 0 saturated heterocycles. The molecule has 0 aliphatic heterocycles. The van der Waals surface area contributed by atoms with Gasteiger partial charge in [0.05, 0.1) is 11.3 Å². The van der Waals surface area contributed by atoms with Crippen LogP contribution in [0.4, 0.5) is 0 Å². The van der Waals surface area contributed by atoms with E-state index in [2.05, 4.69) is 16.2 Å². The topological polar surface area (TPSA) is 54.5 Å². The van der Waals surface area contributed by atoms with E-state index < -0.39 is 0 Å². The van der Waals surface area contributed by atoms with E-state index in [9.17, 15) is 5.26 Å². The maximum atomic E-state index is 9.28. The molecule has 3 rings (SSSR count). The zero-order valence-electron chi connectivity index (χ0n) is 11.0. The van der Waals surface area contributed by atoms with Crippen LogP contribution < -0.4 is 0 Å². The molecule has 0 bridgehead atoms. The van der Waals surface area contributed by atoms with Gasteiger partial charge in [0.1, 0.15) is 16.1 Å². The molecule has 0 spiro atoms. The Morgan fingerprint density at radius 2 is 2.21 bits per heavy atom. The Bertz CT molecular complexity index is 681. The summed E-state index contributed by atoms with van der Waals surface area (Å²) in [5.41, 5.74) is 4.04. The molecule has 4 nitrogen and oxygen atoms in total. The molecular weight excluding hydrogens is 256 g/mol. The average Bonchev–Trinajstić information content (AvgIpc) is 2.95. The average molecular weight is 270 g/mol. The molecule has 5 heteroatoms. The smallest absolute Gasteiger partial charge is 0.120 e. The highest BCUT2D eigenvalue weighted by molar-refractivity contribution is 7.99. The van der Waals surface area contributed by atoms with Crippen LogP contribution in [0.2, 0.25) is 0 Å². The van der Waals surface area contributed by atoms with Gasteiger partial charge in [0.2, 0.25) is 0 Å². The summed E-state index contributed by atoms with van der Waals surface area (Å²) >= 11 is 1.52. The van der Waals surface area contributed by atoms with E-state index >= 15 is 0 Å². The summed E-state index contributed by atoms with van der Waals surface area (Å²) in [7, 11) is 1.91. The summed E-state index contributed by atoms with van der Waals surface area (Å²) in [5, 5.41) is 15.4. The van der Waals surface area contributed by atoms with Gasteiger partial charge in [-0.2, -0.15) is 10.4 Å².